The number of aromatic nitrogens is 2. The van der Waals surface area contributed by atoms with Gasteiger partial charge in [-0.3, -0.25) is 4.90 Å². The number of rotatable bonds is 8. The summed E-state index contributed by atoms with van der Waals surface area (Å²) in [7, 11) is 0. The van der Waals surface area contributed by atoms with Crippen molar-refractivity contribution in [3.8, 4) is 11.3 Å². The normalized spacial score (nSPS) is 14.0. The molecule has 3 aromatic rings. The van der Waals surface area contributed by atoms with Gasteiger partial charge in [0.2, 0.25) is 0 Å². The second kappa shape index (κ2) is 14.9. The lowest BCUT2D eigenvalue weighted by molar-refractivity contribution is 0.174. The molecule has 0 aliphatic carbocycles. The molecule has 3 N–H and O–H groups in total. The number of nitrogens with one attached hydrogen (secondary N) is 1. The lowest BCUT2D eigenvalue weighted by atomic mass is 9.93. The number of nitrogens with zero attached hydrogens (tertiary/aromatic N) is 3. The molecule has 1 aromatic heterocycles. The average Bonchev–Trinajstić information content (AvgIpc) is 2.81. The van der Waals surface area contributed by atoms with Crippen LogP contribution in [0.1, 0.15) is 50.2 Å². The Bertz CT molecular complexity index is 949. The third kappa shape index (κ3) is 8.24. The quantitative estimate of drug-likeness (QED) is 0.408. The molecule has 186 valence electrons. The number of likely N-dealkylation sites (tertiary alicyclic amines) is 1. The Morgan fingerprint density at radius 3 is 2.15 bits per heavy atom. The van der Waals surface area contributed by atoms with Gasteiger partial charge < -0.3 is 10.8 Å². The van der Waals surface area contributed by atoms with E-state index in [0.717, 1.165) is 36.1 Å². The van der Waals surface area contributed by atoms with Crippen LogP contribution in [0.15, 0.2) is 66.7 Å². The van der Waals surface area contributed by atoms with Gasteiger partial charge in [0.05, 0.1) is 5.69 Å². The van der Waals surface area contributed by atoms with Crippen LogP contribution in [0.25, 0.3) is 11.3 Å². The Hall–Kier alpha value is -2.18. The number of hydrogen-bond acceptors (Lipinski definition) is 4. The minimum absolute atomic E-state index is 0. The molecule has 2 aromatic carbocycles. The monoisotopic (exact) mass is 504 g/mol. The standard InChI is InChI=1S/C27H34N4.2ClH.H2O/c1-21(2)25-19-26(24-11-7-4-8-12-24)29-30-27(25)28-16-13-22-14-17-31(18-15-22)20-23-9-5-3-6-10-23;;;/h3-12,19,21-22H,13-18,20H2,1-2H3,(H,28,30);2*1H;1H2. The third-order valence-corrected chi connectivity index (χ3v) is 6.32. The van der Waals surface area contributed by atoms with E-state index in [9.17, 15) is 0 Å². The summed E-state index contributed by atoms with van der Waals surface area (Å²) < 4.78 is 0. The lowest BCUT2D eigenvalue weighted by Gasteiger charge is -2.32. The smallest absolute Gasteiger partial charge is 0.152 e. The van der Waals surface area contributed by atoms with Gasteiger partial charge in [-0.05, 0) is 55.8 Å². The zero-order valence-corrected chi connectivity index (χ0v) is 21.7. The highest BCUT2D eigenvalue weighted by Crippen LogP contribution is 2.27. The van der Waals surface area contributed by atoms with E-state index >= 15 is 0 Å². The maximum Gasteiger partial charge on any atom is 0.152 e. The van der Waals surface area contributed by atoms with Crippen molar-refractivity contribution in [2.45, 2.75) is 45.6 Å². The predicted octanol–water partition coefficient (Wildman–Crippen LogP) is 6.00. The number of hydrogen-bond donors (Lipinski definition) is 1. The Labute approximate surface area is 216 Å². The molecule has 5 nitrogen and oxygen atoms in total. The summed E-state index contributed by atoms with van der Waals surface area (Å²) in [6.45, 7) is 8.87. The van der Waals surface area contributed by atoms with E-state index in [4.69, 9.17) is 0 Å². The largest absolute Gasteiger partial charge is 0.412 e. The van der Waals surface area contributed by atoms with Gasteiger partial charge in [-0.15, -0.1) is 35.0 Å². The van der Waals surface area contributed by atoms with Crippen LogP contribution in [-0.4, -0.2) is 40.2 Å². The summed E-state index contributed by atoms with van der Waals surface area (Å²) >= 11 is 0. The molecule has 0 saturated carbocycles. The third-order valence-electron chi connectivity index (χ3n) is 6.32. The van der Waals surface area contributed by atoms with Crippen LogP contribution >= 0.6 is 24.8 Å². The van der Waals surface area contributed by atoms with Crippen LogP contribution in [0.2, 0.25) is 0 Å². The van der Waals surface area contributed by atoms with Gasteiger partial charge in [0.25, 0.3) is 0 Å². The second-order valence-corrected chi connectivity index (χ2v) is 8.97. The van der Waals surface area contributed by atoms with Crippen molar-refractivity contribution in [1.82, 2.24) is 15.1 Å². The summed E-state index contributed by atoms with van der Waals surface area (Å²) in [5.74, 6) is 2.14. The van der Waals surface area contributed by atoms with Crippen molar-refractivity contribution in [3.63, 3.8) is 0 Å². The van der Waals surface area contributed by atoms with Crippen molar-refractivity contribution in [1.29, 1.82) is 0 Å². The fourth-order valence-corrected chi connectivity index (χ4v) is 4.40. The van der Waals surface area contributed by atoms with Crippen molar-refractivity contribution < 1.29 is 5.48 Å². The first-order valence-electron chi connectivity index (χ1n) is 11.6. The van der Waals surface area contributed by atoms with Crippen molar-refractivity contribution in [2.75, 3.05) is 25.0 Å². The number of anilines is 1. The minimum atomic E-state index is 0. The summed E-state index contributed by atoms with van der Waals surface area (Å²) in [6.07, 6.45) is 3.76. The summed E-state index contributed by atoms with van der Waals surface area (Å²) in [5, 5.41) is 12.6. The Balaban J connectivity index is 0.00000193. The Kier molecular flexibility index (Phi) is 13.1. The first kappa shape index (κ1) is 29.9. The summed E-state index contributed by atoms with van der Waals surface area (Å²) in [6, 6.07) is 23.3. The summed E-state index contributed by atoms with van der Waals surface area (Å²) in [4.78, 5) is 2.59. The molecule has 1 aliphatic heterocycles. The van der Waals surface area contributed by atoms with Crippen LogP contribution in [0.4, 0.5) is 5.82 Å². The van der Waals surface area contributed by atoms with Gasteiger partial charge in [0, 0.05) is 24.2 Å². The molecule has 1 aliphatic rings. The second-order valence-electron chi connectivity index (χ2n) is 8.97. The average molecular weight is 506 g/mol. The molecule has 0 unspecified atom stereocenters. The molecular formula is C27H38Cl2N4O. The first-order chi connectivity index (χ1) is 15.2. The van der Waals surface area contributed by atoms with E-state index in [-0.39, 0.29) is 30.3 Å². The molecule has 34 heavy (non-hydrogen) atoms. The van der Waals surface area contributed by atoms with Gasteiger partial charge in [0.1, 0.15) is 0 Å². The molecule has 2 heterocycles. The number of piperidine rings is 1. The van der Waals surface area contributed by atoms with Crippen LogP contribution < -0.4 is 5.32 Å². The van der Waals surface area contributed by atoms with Crippen LogP contribution in [0, 0.1) is 5.92 Å². The van der Waals surface area contributed by atoms with E-state index in [1.807, 2.05) is 18.2 Å². The highest BCUT2D eigenvalue weighted by molar-refractivity contribution is 5.85. The Morgan fingerprint density at radius 1 is 0.912 bits per heavy atom. The number of halogens is 2. The van der Waals surface area contributed by atoms with Crippen molar-refractivity contribution in [2.24, 2.45) is 5.92 Å². The van der Waals surface area contributed by atoms with Gasteiger partial charge in [-0.1, -0.05) is 74.5 Å². The molecule has 7 heteroatoms. The van der Waals surface area contributed by atoms with E-state index in [2.05, 4.69) is 82.8 Å². The van der Waals surface area contributed by atoms with Gasteiger partial charge >= 0.3 is 0 Å². The van der Waals surface area contributed by atoms with E-state index in [1.54, 1.807) is 0 Å². The van der Waals surface area contributed by atoms with Gasteiger partial charge in [-0.25, -0.2) is 0 Å². The molecular weight excluding hydrogens is 467 g/mol. The predicted molar refractivity (Wildman–Crippen MR) is 147 cm³/mol. The van der Waals surface area contributed by atoms with Crippen LogP contribution in [0.5, 0.6) is 0 Å². The highest BCUT2D eigenvalue weighted by atomic mass is 35.5. The lowest BCUT2D eigenvalue weighted by Crippen LogP contribution is -2.33. The maximum absolute atomic E-state index is 4.55. The molecule has 1 saturated heterocycles. The molecule has 0 radical (unpaired) electrons. The molecule has 0 atom stereocenters. The minimum Gasteiger partial charge on any atom is -0.412 e. The van der Waals surface area contributed by atoms with Gasteiger partial charge in [0.15, 0.2) is 5.82 Å². The van der Waals surface area contributed by atoms with Crippen LogP contribution in [0.3, 0.4) is 0 Å². The molecule has 0 bridgehead atoms. The SMILES string of the molecule is CC(C)c1cc(-c2ccccc2)nnc1NCCC1CCN(Cc2ccccc2)CC1.Cl.Cl.O. The Morgan fingerprint density at radius 2 is 1.53 bits per heavy atom. The zero-order chi connectivity index (χ0) is 21.5. The molecule has 0 spiro atoms. The van der Waals surface area contributed by atoms with E-state index in [1.165, 1.54) is 43.5 Å². The summed E-state index contributed by atoms with van der Waals surface area (Å²) in [5.41, 5.74) is 4.72. The fraction of sp³-hybridized carbons (Fsp3) is 0.407. The van der Waals surface area contributed by atoms with Crippen molar-refractivity contribution in [3.05, 3.63) is 77.9 Å². The first-order valence-corrected chi connectivity index (χ1v) is 11.6. The highest BCUT2D eigenvalue weighted by Gasteiger charge is 2.19. The van der Waals surface area contributed by atoms with Crippen molar-refractivity contribution >= 4 is 30.6 Å². The maximum atomic E-state index is 4.55. The van der Waals surface area contributed by atoms with E-state index < -0.39 is 0 Å². The zero-order valence-electron chi connectivity index (χ0n) is 20.1. The molecule has 0 amide bonds. The fourth-order valence-electron chi connectivity index (χ4n) is 4.40. The number of benzene rings is 2. The topological polar surface area (TPSA) is 72.6 Å². The van der Waals surface area contributed by atoms with Gasteiger partial charge in [-0.2, -0.15) is 0 Å². The molecule has 4 rings (SSSR count). The molecule has 1 fully saturated rings. The van der Waals surface area contributed by atoms with Crippen LogP contribution in [-0.2, 0) is 6.54 Å². The van der Waals surface area contributed by atoms with E-state index in [0.29, 0.717) is 5.92 Å².